The maximum Gasteiger partial charge on any atom is 0.0401 e. The molecule has 0 bridgehead atoms. The Labute approximate surface area is 109 Å². The Bertz CT molecular complexity index is 331. The summed E-state index contributed by atoms with van der Waals surface area (Å²) in [5, 5.41) is 3.47. The molecule has 1 aliphatic rings. The van der Waals surface area contributed by atoms with Gasteiger partial charge in [-0.2, -0.15) is 12.6 Å². The molecule has 0 amide bonds. The van der Waals surface area contributed by atoms with E-state index in [9.17, 15) is 0 Å². The molecule has 0 aliphatic carbocycles. The quantitative estimate of drug-likeness (QED) is 0.615. The largest absolute Gasteiger partial charge is 0.316 e. The SMILES string of the molecule is CN1CCC(CNCCS)[C@H]1c1cccnc1. The summed E-state index contributed by atoms with van der Waals surface area (Å²) in [6, 6.07) is 4.72. The van der Waals surface area contributed by atoms with Crippen molar-refractivity contribution in [2.45, 2.75) is 12.5 Å². The van der Waals surface area contributed by atoms with E-state index in [1.165, 1.54) is 18.5 Å². The van der Waals surface area contributed by atoms with Crippen LogP contribution in [0.15, 0.2) is 24.5 Å². The smallest absolute Gasteiger partial charge is 0.0401 e. The average Bonchev–Trinajstić information content (AvgIpc) is 2.72. The molecule has 1 fully saturated rings. The molecule has 0 radical (unpaired) electrons. The third-order valence-electron chi connectivity index (χ3n) is 3.50. The molecule has 1 N–H and O–H groups in total. The summed E-state index contributed by atoms with van der Waals surface area (Å²) in [6.45, 7) is 3.24. The first-order valence-electron chi connectivity index (χ1n) is 6.24. The van der Waals surface area contributed by atoms with Gasteiger partial charge in [-0.1, -0.05) is 6.07 Å². The first-order chi connectivity index (χ1) is 8.33. The molecule has 1 unspecified atom stereocenters. The highest BCUT2D eigenvalue weighted by atomic mass is 32.1. The van der Waals surface area contributed by atoms with Crippen LogP contribution in [0, 0.1) is 5.92 Å². The van der Waals surface area contributed by atoms with Gasteiger partial charge in [0.1, 0.15) is 0 Å². The van der Waals surface area contributed by atoms with Crippen LogP contribution in [0.4, 0.5) is 0 Å². The number of nitrogens with one attached hydrogen (secondary N) is 1. The van der Waals surface area contributed by atoms with Crippen molar-refractivity contribution in [3.05, 3.63) is 30.1 Å². The highest BCUT2D eigenvalue weighted by Gasteiger charge is 2.32. The van der Waals surface area contributed by atoms with Crippen molar-refractivity contribution in [2.24, 2.45) is 5.92 Å². The Kier molecular flexibility index (Phi) is 4.83. The Balaban J connectivity index is 2.01. The van der Waals surface area contributed by atoms with Crippen LogP contribution in [0.5, 0.6) is 0 Å². The zero-order chi connectivity index (χ0) is 12.1. The Morgan fingerprint density at radius 1 is 1.59 bits per heavy atom. The predicted molar refractivity (Wildman–Crippen MR) is 74.4 cm³/mol. The van der Waals surface area contributed by atoms with Crippen molar-refractivity contribution < 1.29 is 0 Å². The van der Waals surface area contributed by atoms with Gasteiger partial charge in [0.25, 0.3) is 0 Å². The van der Waals surface area contributed by atoms with Crippen molar-refractivity contribution in [1.29, 1.82) is 0 Å². The molecule has 2 atom stereocenters. The number of hydrogen-bond acceptors (Lipinski definition) is 4. The monoisotopic (exact) mass is 251 g/mol. The van der Waals surface area contributed by atoms with Gasteiger partial charge in [-0.25, -0.2) is 0 Å². The Hall–Kier alpha value is -0.580. The third-order valence-corrected chi connectivity index (χ3v) is 3.72. The first-order valence-corrected chi connectivity index (χ1v) is 6.88. The molecule has 4 heteroatoms. The number of nitrogens with zero attached hydrogens (tertiary/aromatic N) is 2. The molecule has 1 aromatic rings. The highest BCUT2D eigenvalue weighted by Crippen LogP contribution is 2.35. The number of rotatable bonds is 5. The molecule has 0 saturated carbocycles. The molecule has 0 spiro atoms. The van der Waals surface area contributed by atoms with E-state index >= 15 is 0 Å². The topological polar surface area (TPSA) is 28.2 Å². The fraction of sp³-hybridized carbons (Fsp3) is 0.615. The van der Waals surface area contributed by atoms with Crippen molar-refractivity contribution >= 4 is 12.6 Å². The van der Waals surface area contributed by atoms with Crippen LogP contribution in [0.1, 0.15) is 18.0 Å². The van der Waals surface area contributed by atoms with Gasteiger partial charge in [-0.3, -0.25) is 9.88 Å². The van der Waals surface area contributed by atoms with E-state index in [1.807, 2.05) is 18.5 Å². The van der Waals surface area contributed by atoms with Crippen LogP contribution in [0.25, 0.3) is 0 Å². The average molecular weight is 251 g/mol. The van der Waals surface area contributed by atoms with Gasteiger partial charge in [-0.05, 0) is 44.1 Å². The lowest BCUT2D eigenvalue weighted by Crippen LogP contribution is -2.29. The molecule has 0 aromatic carbocycles. The lowest BCUT2D eigenvalue weighted by Gasteiger charge is -2.25. The van der Waals surface area contributed by atoms with Crippen molar-refractivity contribution in [3.63, 3.8) is 0 Å². The van der Waals surface area contributed by atoms with E-state index in [0.29, 0.717) is 12.0 Å². The van der Waals surface area contributed by atoms with E-state index in [-0.39, 0.29) is 0 Å². The van der Waals surface area contributed by atoms with Crippen molar-refractivity contribution in [3.8, 4) is 0 Å². The molecule has 94 valence electrons. The molecular weight excluding hydrogens is 230 g/mol. The third kappa shape index (κ3) is 3.21. The summed E-state index contributed by atoms with van der Waals surface area (Å²) in [4.78, 5) is 6.67. The predicted octanol–water partition coefficient (Wildman–Crippen LogP) is 1.59. The van der Waals surface area contributed by atoms with Gasteiger partial charge >= 0.3 is 0 Å². The van der Waals surface area contributed by atoms with Gasteiger partial charge in [-0.15, -0.1) is 0 Å². The highest BCUT2D eigenvalue weighted by molar-refractivity contribution is 7.80. The van der Waals surface area contributed by atoms with E-state index in [0.717, 1.165) is 18.8 Å². The van der Waals surface area contributed by atoms with Crippen LogP contribution >= 0.6 is 12.6 Å². The summed E-state index contributed by atoms with van der Waals surface area (Å²) in [5.74, 6) is 1.59. The molecule has 17 heavy (non-hydrogen) atoms. The second kappa shape index (κ2) is 6.38. The fourth-order valence-electron chi connectivity index (χ4n) is 2.68. The Morgan fingerprint density at radius 3 is 3.18 bits per heavy atom. The Morgan fingerprint density at radius 2 is 2.47 bits per heavy atom. The molecule has 2 heterocycles. The number of hydrogen-bond donors (Lipinski definition) is 2. The normalized spacial score (nSPS) is 25.3. The van der Waals surface area contributed by atoms with Gasteiger partial charge in [0.15, 0.2) is 0 Å². The van der Waals surface area contributed by atoms with Crippen LogP contribution in [-0.2, 0) is 0 Å². The summed E-state index contributed by atoms with van der Waals surface area (Å²) in [6.07, 6.45) is 5.10. The maximum absolute atomic E-state index is 4.24. The van der Waals surface area contributed by atoms with Gasteiger partial charge in [0.2, 0.25) is 0 Å². The molecule has 1 aromatic heterocycles. The standard InChI is InChI=1S/C13H21N3S/c1-16-7-4-12(10-15-6-8-17)13(16)11-3-2-5-14-9-11/h2-3,5,9,12-13,15,17H,4,6-8,10H2,1H3/t12?,13-/m1/s1. The fourth-order valence-corrected chi connectivity index (χ4v) is 2.84. The van der Waals surface area contributed by atoms with Gasteiger partial charge in [0, 0.05) is 30.7 Å². The van der Waals surface area contributed by atoms with E-state index < -0.39 is 0 Å². The van der Waals surface area contributed by atoms with Crippen molar-refractivity contribution in [2.75, 3.05) is 32.4 Å². The van der Waals surface area contributed by atoms with E-state index in [1.54, 1.807) is 0 Å². The van der Waals surface area contributed by atoms with E-state index in [4.69, 9.17) is 0 Å². The molecule has 1 aliphatic heterocycles. The van der Waals surface area contributed by atoms with E-state index in [2.05, 4.69) is 40.9 Å². The number of thiol groups is 1. The minimum absolute atomic E-state index is 0.510. The van der Waals surface area contributed by atoms with Gasteiger partial charge < -0.3 is 5.32 Å². The minimum Gasteiger partial charge on any atom is -0.316 e. The molecule has 3 nitrogen and oxygen atoms in total. The van der Waals surface area contributed by atoms with Crippen LogP contribution in [0.3, 0.4) is 0 Å². The second-order valence-electron chi connectivity index (χ2n) is 4.69. The summed E-state index contributed by atoms with van der Waals surface area (Å²) >= 11 is 4.22. The number of aromatic nitrogens is 1. The first kappa shape index (κ1) is 12.9. The summed E-state index contributed by atoms with van der Waals surface area (Å²) < 4.78 is 0. The number of pyridine rings is 1. The zero-order valence-electron chi connectivity index (χ0n) is 10.3. The molecule has 2 rings (SSSR count). The lowest BCUT2D eigenvalue weighted by molar-refractivity contribution is 0.272. The van der Waals surface area contributed by atoms with Crippen LogP contribution < -0.4 is 5.32 Å². The summed E-state index contributed by atoms with van der Waals surface area (Å²) in [5.41, 5.74) is 1.34. The van der Waals surface area contributed by atoms with Crippen LogP contribution in [-0.4, -0.2) is 42.3 Å². The lowest BCUT2D eigenvalue weighted by atomic mass is 9.95. The molecular formula is C13H21N3S. The second-order valence-corrected chi connectivity index (χ2v) is 5.14. The summed E-state index contributed by atoms with van der Waals surface area (Å²) in [7, 11) is 2.20. The molecule has 1 saturated heterocycles. The van der Waals surface area contributed by atoms with Crippen LogP contribution in [0.2, 0.25) is 0 Å². The minimum atomic E-state index is 0.510. The van der Waals surface area contributed by atoms with Gasteiger partial charge in [0.05, 0.1) is 0 Å². The number of likely N-dealkylation sites (tertiary alicyclic amines) is 1. The van der Waals surface area contributed by atoms with Crippen molar-refractivity contribution in [1.82, 2.24) is 15.2 Å². The maximum atomic E-state index is 4.24. The zero-order valence-corrected chi connectivity index (χ0v) is 11.2.